The molecule has 31 heavy (non-hydrogen) atoms. The van der Waals surface area contributed by atoms with E-state index in [0.717, 1.165) is 36.2 Å². The minimum Gasteiger partial charge on any atom is -0.495 e. The second-order valence-corrected chi connectivity index (χ2v) is 8.42. The van der Waals surface area contributed by atoms with Crippen LogP contribution in [0.5, 0.6) is 5.75 Å². The summed E-state index contributed by atoms with van der Waals surface area (Å²) in [7, 11) is 1.55. The Morgan fingerprint density at radius 3 is 2.68 bits per heavy atom. The van der Waals surface area contributed by atoms with Crippen LogP contribution in [0.1, 0.15) is 24.8 Å². The van der Waals surface area contributed by atoms with Gasteiger partial charge in [0.25, 0.3) is 0 Å². The number of rotatable bonds is 5. The van der Waals surface area contributed by atoms with E-state index in [1.807, 2.05) is 35.2 Å². The Hall–Kier alpha value is -3.35. The van der Waals surface area contributed by atoms with E-state index < -0.39 is 5.92 Å². The van der Waals surface area contributed by atoms with Gasteiger partial charge in [0, 0.05) is 36.8 Å². The smallest absolute Gasteiger partial charge is 0.230 e. The van der Waals surface area contributed by atoms with Gasteiger partial charge in [-0.25, -0.2) is 0 Å². The average Bonchev–Trinajstić information content (AvgIpc) is 3.43. The number of nitrogens with one attached hydrogen (secondary N) is 1. The maximum absolute atomic E-state index is 12.8. The normalized spacial score (nSPS) is 20.0. The van der Waals surface area contributed by atoms with Gasteiger partial charge in [-0.3, -0.25) is 14.4 Å². The van der Waals surface area contributed by atoms with Gasteiger partial charge in [0.2, 0.25) is 17.7 Å². The largest absolute Gasteiger partial charge is 0.495 e. The summed E-state index contributed by atoms with van der Waals surface area (Å²) in [5.74, 6) is 0.302. The highest BCUT2D eigenvalue weighted by Crippen LogP contribution is 2.38. The molecule has 1 atom stereocenters. The number of anilines is 3. The molecule has 2 fully saturated rings. The average molecular weight is 419 g/mol. The van der Waals surface area contributed by atoms with Crippen LogP contribution in [0.15, 0.2) is 42.5 Å². The summed E-state index contributed by atoms with van der Waals surface area (Å²) < 4.78 is 5.29. The number of benzene rings is 2. The van der Waals surface area contributed by atoms with Gasteiger partial charge in [0.15, 0.2) is 0 Å². The van der Waals surface area contributed by atoms with E-state index in [9.17, 15) is 14.4 Å². The molecule has 0 radical (unpaired) electrons. The fraction of sp³-hybridized carbons (Fsp3) is 0.375. The zero-order chi connectivity index (χ0) is 21.5. The van der Waals surface area contributed by atoms with Crippen LogP contribution in [0, 0.1) is 11.8 Å². The van der Waals surface area contributed by atoms with Crippen molar-refractivity contribution in [2.24, 2.45) is 11.8 Å². The number of ether oxygens (including phenoxy) is 1. The number of carbonyl (C=O) groups is 3. The fourth-order valence-electron chi connectivity index (χ4n) is 4.45. The highest BCUT2D eigenvalue weighted by Gasteiger charge is 2.38. The molecule has 2 aromatic carbocycles. The molecule has 3 aliphatic rings. The van der Waals surface area contributed by atoms with Crippen LogP contribution in [0.4, 0.5) is 17.1 Å². The Morgan fingerprint density at radius 2 is 1.90 bits per heavy atom. The first-order valence-corrected chi connectivity index (χ1v) is 10.7. The summed E-state index contributed by atoms with van der Waals surface area (Å²) in [6.45, 7) is 1.04. The predicted molar refractivity (Wildman–Crippen MR) is 117 cm³/mol. The van der Waals surface area contributed by atoms with Crippen molar-refractivity contribution in [3.63, 3.8) is 0 Å². The number of hydrogen-bond donors (Lipinski definition) is 1. The van der Waals surface area contributed by atoms with Crippen molar-refractivity contribution in [2.45, 2.75) is 25.7 Å². The highest BCUT2D eigenvalue weighted by atomic mass is 16.5. The quantitative estimate of drug-likeness (QED) is 0.808. The lowest BCUT2D eigenvalue weighted by molar-refractivity contribution is -0.122. The molecule has 2 aliphatic heterocycles. The molecule has 7 heteroatoms. The second-order valence-electron chi connectivity index (χ2n) is 8.42. The lowest BCUT2D eigenvalue weighted by atomic mass is 10.1. The molecule has 1 aliphatic carbocycles. The van der Waals surface area contributed by atoms with Gasteiger partial charge in [-0.05, 0) is 55.2 Å². The molecular weight excluding hydrogens is 394 g/mol. The van der Waals surface area contributed by atoms with Crippen molar-refractivity contribution in [3.8, 4) is 5.75 Å². The molecule has 1 N–H and O–H groups in total. The van der Waals surface area contributed by atoms with E-state index in [1.54, 1.807) is 24.1 Å². The molecule has 3 amide bonds. The third-order valence-electron chi connectivity index (χ3n) is 6.32. The topological polar surface area (TPSA) is 79.0 Å². The van der Waals surface area contributed by atoms with E-state index in [0.29, 0.717) is 24.5 Å². The van der Waals surface area contributed by atoms with Crippen LogP contribution < -0.4 is 19.9 Å². The second kappa shape index (κ2) is 7.72. The summed E-state index contributed by atoms with van der Waals surface area (Å²) in [5.41, 5.74) is 3.43. The summed E-state index contributed by atoms with van der Waals surface area (Å²) in [4.78, 5) is 41.5. The zero-order valence-corrected chi connectivity index (χ0v) is 17.5. The van der Waals surface area contributed by atoms with Crippen molar-refractivity contribution in [1.29, 1.82) is 0 Å². The first-order valence-electron chi connectivity index (χ1n) is 10.7. The van der Waals surface area contributed by atoms with Crippen molar-refractivity contribution < 1.29 is 19.1 Å². The van der Waals surface area contributed by atoms with E-state index in [4.69, 9.17) is 4.74 Å². The first kappa shape index (κ1) is 19.6. The predicted octanol–water partition coefficient (Wildman–Crippen LogP) is 2.99. The first-order chi connectivity index (χ1) is 15.0. The van der Waals surface area contributed by atoms with Crippen molar-refractivity contribution in [2.75, 3.05) is 35.3 Å². The Balaban J connectivity index is 1.29. The van der Waals surface area contributed by atoms with Crippen molar-refractivity contribution >= 4 is 34.8 Å². The molecule has 2 heterocycles. The van der Waals surface area contributed by atoms with E-state index >= 15 is 0 Å². The molecule has 160 valence electrons. The molecule has 0 aromatic heterocycles. The molecule has 7 nitrogen and oxygen atoms in total. The Bertz CT molecular complexity index is 1060. The number of para-hydroxylation sites is 2. The van der Waals surface area contributed by atoms with Crippen LogP contribution in [0.25, 0.3) is 0 Å². The minimum absolute atomic E-state index is 0.0657. The Kier molecular flexibility index (Phi) is 4.88. The van der Waals surface area contributed by atoms with E-state index in [1.165, 1.54) is 0 Å². The van der Waals surface area contributed by atoms with Crippen LogP contribution in [0.3, 0.4) is 0 Å². The number of fused-ring (bicyclic) bond motifs is 1. The van der Waals surface area contributed by atoms with Gasteiger partial charge in [-0.2, -0.15) is 0 Å². The number of nitrogens with zero attached hydrogens (tertiary/aromatic N) is 2. The third-order valence-corrected chi connectivity index (χ3v) is 6.32. The number of carbonyl (C=O) groups excluding carboxylic acids is 3. The van der Waals surface area contributed by atoms with Crippen LogP contribution in [-0.2, 0) is 20.8 Å². The minimum atomic E-state index is -0.432. The van der Waals surface area contributed by atoms with Gasteiger partial charge in [-0.1, -0.05) is 12.1 Å². The summed E-state index contributed by atoms with van der Waals surface area (Å²) >= 11 is 0. The maximum Gasteiger partial charge on any atom is 0.230 e. The molecule has 1 saturated carbocycles. The SMILES string of the molecule is COc1ccccc1NC(=O)C1CC(=O)N(c2ccc3c(c2)CCN3C(=O)C2CC2)C1. The summed E-state index contributed by atoms with van der Waals surface area (Å²) in [5, 5.41) is 2.89. The Labute approximate surface area is 181 Å². The van der Waals surface area contributed by atoms with Crippen LogP contribution in [0.2, 0.25) is 0 Å². The van der Waals surface area contributed by atoms with Crippen LogP contribution in [-0.4, -0.2) is 37.9 Å². The zero-order valence-electron chi connectivity index (χ0n) is 17.5. The van der Waals surface area contributed by atoms with Gasteiger partial charge in [-0.15, -0.1) is 0 Å². The molecule has 0 spiro atoms. The van der Waals surface area contributed by atoms with Gasteiger partial charge < -0.3 is 19.9 Å². The van der Waals surface area contributed by atoms with Crippen molar-refractivity contribution in [3.05, 3.63) is 48.0 Å². The third kappa shape index (κ3) is 3.65. The lowest BCUT2D eigenvalue weighted by Gasteiger charge is -2.20. The maximum atomic E-state index is 12.8. The van der Waals surface area contributed by atoms with Crippen molar-refractivity contribution in [1.82, 2.24) is 0 Å². The number of hydrogen-bond acceptors (Lipinski definition) is 4. The highest BCUT2D eigenvalue weighted by molar-refractivity contribution is 6.04. The molecule has 1 unspecified atom stereocenters. The van der Waals surface area contributed by atoms with E-state index in [2.05, 4.69) is 5.32 Å². The monoisotopic (exact) mass is 419 g/mol. The number of amides is 3. The summed E-state index contributed by atoms with van der Waals surface area (Å²) in [6.07, 6.45) is 2.94. The van der Waals surface area contributed by atoms with Gasteiger partial charge in [0.1, 0.15) is 5.75 Å². The number of methoxy groups -OCH3 is 1. The standard InChI is InChI=1S/C24H25N3O4/c1-31-21-5-3-2-4-19(21)25-23(29)17-13-22(28)27(14-17)18-8-9-20-16(12-18)10-11-26(20)24(30)15-6-7-15/h2-5,8-9,12,15,17H,6-7,10-11,13-14H2,1H3,(H,25,29). The molecular formula is C24H25N3O4. The molecule has 1 saturated heterocycles. The molecule has 2 aromatic rings. The van der Waals surface area contributed by atoms with E-state index in [-0.39, 0.29) is 30.1 Å². The molecule has 5 rings (SSSR count). The van der Waals surface area contributed by atoms with Crippen LogP contribution >= 0.6 is 0 Å². The van der Waals surface area contributed by atoms with Gasteiger partial charge in [0.05, 0.1) is 18.7 Å². The lowest BCUT2D eigenvalue weighted by Crippen LogP contribution is -2.30. The Morgan fingerprint density at radius 1 is 1.10 bits per heavy atom. The summed E-state index contributed by atoms with van der Waals surface area (Å²) in [6, 6.07) is 13.0. The fourth-order valence-corrected chi connectivity index (χ4v) is 4.45. The molecule has 0 bridgehead atoms. The van der Waals surface area contributed by atoms with Gasteiger partial charge >= 0.3 is 0 Å².